The van der Waals surface area contributed by atoms with Gasteiger partial charge in [0.2, 0.25) is 0 Å². The van der Waals surface area contributed by atoms with E-state index in [2.05, 4.69) is 63.7 Å². The molecule has 0 amide bonds. The summed E-state index contributed by atoms with van der Waals surface area (Å²) < 4.78 is 20.5. The zero-order chi connectivity index (χ0) is 21.0. The van der Waals surface area contributed by atoms with E-state index in [-0.39, 0.29) is 0 Å². The predicted molar refractivity (Wildman–Crippen MR) is 126 cm³/mol. The molecule has 4 rings (SSSR count). The molecule has 3 nitrogen and oxygen atoms in total. The minimum absolute atomic E-state index is 0.562. The lowest BCUT2D eigenvalue weighted by Gasteiger charge is -2.13. The van der Waals surface area contributed by atoms with Crippen molar-refractivity contribution in [2.24, 2.45) is 4.36 Å². The van der Waals surface area contributed by atoms with Crippen LogP contribution in [0.2, 0.25) is 5.02 Å². The topological polar surface area (TPSA) is 41.5 Å². The number of nitrogens with one attached hydrogen (secondary N) is 1. The molecule has 0 fully saturated rings. The van der Waals surface area contributed by atoms with Crippen LogP contribution in [0.1, 0.15) is 28.7 Å². The number of hydrogen-bond donors (Lipinski definition) is 1. The quantitative estimate of drug-likeness (QED) is 0.495. The van der Waals surface area contributed by atoms with Crippen molar-refractivity contribution in [3.63, 3.8) is 0 Å². The van der Waals surface area contributed by atoms with Crippen molar-refractivity contribution in [2.75, 3.05) is 13.6 Å². The lowest BCUT2D eigenvalue weighted by atomic mass is 9.93. The molecule has 1 unspecified atom stereocenters. The molecule has 0 aromatic heterocycles. The second-order valence-corrected chi connectivity index (χ2v) is 9.89. The molecule has 30 heavy (non-hydrogen) atoms. The Morgan fingerprint density at radius 2 is 1.50 bits per heavy atom. The van der Waals surface area contributed by atoms with Crippen LogP contribution in [0.15, 0.2) is 88.1 Å². The van der Waals surface area contributed by atoms with Crippen molar-refractivity contribution in [2.45, 2.75) is 24.2 Å². The van der Waals surface area contributed by atoms with Crippen LogP contribution in [0.5, 0.6) is 0 Å². The molecule has 1 aliphatic rings. The van der Waals surface area contributed by atoms with E-state index in [0.717, 1.165) is 19.3 Å². The Morgan fingerprint density at radius 3 is 2.07 bits per heavy atom. The molecule has 0 radical (unpaired) electrons. The van der Waals surface area contributed by atoms with Gasteiger partial charge in [0.05, 0.1) is 4.90 Å². The highest BCUT2D eigenvalue weighted by Crippen LogP contribution is 2.33. The van der Waals surface area contributed by atoms with Crippen molar-refractivity contribution < 1.29 is 4.21 Å². The number of halogens is 1. The van der Waals surface area contributed by atoms with Gasteiger partial charge in [-0.1, -0.05) is 66.2 Å². The number of benzene rings is 3. The maximum absolute atomic E-state index is 13.2. The second kappa shape index (κ2) is 9.17. The molecule has 3 aromatic carbocycles. The van der Waals surface area contributed by atoms with Crippen LogP contribution < -0.4 is 4.72 Å². The Hall–Kier alpha value is -2.40. The fourth-order valence-corrected chi connectivity index (χ4v) is 5.45. The zero-order valence-electron chi connectivity index (χ0n) is 17.0. The summed E-state index contributed by atoms with van der Waals surface area (Å²) in [7, 11) is -1.08. The Bertz CT molecular complexity index is 1140. The maximum Gasteiger partial charge on any atom is 0.137 e. The molecule has 0 saturated heterocycles. The first-order valence-corrected chi connectivity index (χ1v) is 12.0. The van der Waals surface area contributed by atoms with E-state index in [0.29, 0.717) is 16.5 Å². The van der Waals surface area contributed by atoms with Gasteiger partial charge in [0.15, 0.2) is 0 Å². The van der Waals surface area contributed by atoms with Gasteiger partial charge in [0, 0.05) is 18.6 Å². The average molecular weight is 437 g/mol. The summed E-state index contributed by atoms with van der Waals surface area (Å²) in [6.45, 7) is 0.562. The molecule has 0 aliphatic heterocycles. The minimum atomic E-state index is -2.67. The summed E-state index contributed by atoms with van der Waals surface area (Å²) in [5, 5.41) is 0.618. The van der Waals surface area contributed by atoms with Crippen LogP contribution in [-0.4, -0.2) is 17.8 Å². The molecule has 3 aromatic rings. The Labute approximate surface area is 184 Å². The highest BCUT2D eigenvalue weighted by Gasteiger charge is 2.17. The lowest BCUT2D eigenvalue weighted by Crippen LogP contribution is -2.24. The Balaban J connectivity index is 1.58. The number of rotatable bonds is 5. The summed E-state index contributed by atoms with van der Waals surface area (Å²) >= 11 is 5.96. The largest absolute Gasteiger partial charge is 0.229 e. The Kier molecular flexibility index (Phi) is 6.38. The zero-order valence-corrected chi connectivity index (χ0v) is 18.5. The molecule has 0 bridgehead atoms. The van der Waals surface area contributed by atoms with Gasteiger partial charge in [0.1, 0.15) is 9.92 Å². The highest BCUT2D eigenvalue weighted by molar-refractivity contribution is 7.91. The molecular weight excluding hydrogens is 412 g/mol. The smallest absolute Gasteiger partial charge is 0.137 e. The fourth-order valence-electron chi connectivity index (χ4n) is 3.92. The lowest BCUT2D eigenvalue weighted by molar-refractivity contribution is 0.664. The van der Waals surface area contributed by atoms with Crippen molar-refractivity contribution >= 4 is 27.1 Å². The molecule has 0 saturated carbocycles. The molecule has 5 heteroatoms. The minimum Gasteiger partial charge on any atom is -0.229 e. The highest BCUT2D eigenvalue weighted by atomic mass is 35.5. The molecule has 0 spiro atoms. The van der Waals surface area contributed by atoms with Gasteiger partial charge >= 0.3 is 0 Å². The van der Waals surface area contributed by atoms with Gasteiger partial charge in [-0.2, -0.15) is 0 Å². The van der Waals surface area contributed by atoms with E-state index >= 15 is 0 Å². The van der Waals surface area contributed by atoms with E-state index < -0.39 is 9.92 Å². The predicted octanol–water partition coefficient (Wildman–Crippen LogP) is 5.92. The van der Waals surface area contributed by atoms with Gasteiger partial charge in [-0.05, 0) is 71.4 Å². The van der Waals surface area contributed by atoms with E-state index in [1.807, 2.05) is 0 Å². The van der Waals surface area contributed by atoms with Gasteiger partial charge in [-0.3, -0.25) is 0 Å². The van der Waals surface area contributed by atoms with Gasteiger partial charge in [-0.25, -0.2) is 13.3 Å². The first-order valence-electron chi connectivity index (χ1n) is 10.1. The summed E-state index contributed by atoms with van der Waals surface area (Å²) in [5.41, 5.74) is 6.59. The maximum atomic E-state index is 13.2. The third kappa shape index (κ3) is 4.36. The number of nitrogens with zero attached hydrogens (tertiary/aromatic N) is 1. The van der Waals surface area contributed by atoms with Crippen molar-refractivity contribution in [1.82, 2.24) is 4.72 Å². The number of hydrogen-bond acceptors (Lipinski definition) is 2. The summed E-state index contributed by atoms with van der Waals surface area (Å²) in [5.74, 6) is 0. The van der Waals surface area contributed by atoms with Crippen molar-refractivity contribution in [3.8, 4) is 0 Å². The number of fused-ring (bicyclic) bond motifs is 2. The van der Waals surface area contributed by atoms with Crippen molar-refractivity contribution in [1.29, 1.82) is 0 Å². The average Bonchev–Trinajstić information content (AvgIpc) is 2.94. The molecule has 1 aliphatic carbocycles. The SMILES string of the molecule is CN=S(=O)(NCCC=C1c2ccccc2CCc2ccccc21)c1ccc(Cl)cc1. The standard InChI is InChI=1S/C25H25ClN2OS/c1-27-30(29,22-16-14-21(26)15-17-22)28-18-6-11-25-23-9-4-2-7-19(23)12-13-20-8-3-5-10-24(20)25/h2-5,7-11,14-17H,6,12-13,18H2,1H3,(H,27,28,29). The van der Waals surface area contributed by atoms with Crippen LogP contribution in [0, 0.1) is 0 Å². The molecular formula is C25H25ClN2OS. The van der Waals surface area contributed by atoms with Gasteiger partial charge in [0.25, 0.3) is 0 Å². The first kappa shape index (κ1) is 20.9. The Morgan fingerprint density at radius 1 is 0.933 bits per heavy atom. The van der Waals surface area contributed by atoms with Crippen LogP contribution in [-0.2, 0) is 22.8 Å². The normalized spacial score (nSPS) is 14.8. The summed E-state index contributed by atoms with van der Waals surface area (Å²) in [4.78, 5) is 0.646. The van der Waals surface area contributed by atoms with E-state index in [1.54, 1.807) is 31.3 Å². The monoisotopic (exact) mass is 436 g/mol. The van der Waals surface area contributed by atoms with Gasteiger partial charge < -0.3 is 0 Å². The molecule has 0 heterocycles. The molecule has 154 valence electrons. The summed E-state index contributed by atoms with van der Waals surface area (Å²) in [6.07, 6.45) is 5.09. The van der Waals surface area contributed by atoms with Crippen LogP contribution in [0.3, 0.4) is 0 Å². The number of aryl methyl sites for hydroxylation is 2. The third-order valence-corrected chi connectivity index (χ3v) is 7.73. The van der Waals surface area contributed by atoms with E-state index in [1.165, 1.54) is 27.8 Å². The molecule has 1 atom stereocenters. The molecule has 1 N–H and O–H groups in total. The second-order valence-electron chi connectivity index (χ2n) is 7.28. The van der Waals surface area contributed by atoms with Crippen LogP contribution in [0.4, 0.5) is 0 Å². The van der Waals surface area contributed by atoms with E-state index in [4.69, 9.17) is 11.6 Å². The summed E-state index contributed by atoms with van der Waals surface area (Å²) in [6, 6.07) is 24.3. The third-order valence-electron chi connectivity index (χ3n) is 5.46. The fraction of sp³-hybridized carbons (Fsp3) is 0.200. The first-order chi connectivity index (χ1) is 14.6. The van der Waals surface area contributed by atoms with Crippen molar-refractivity contribution in [3.05, 3.63) is 106 Å². The van der Waals surface area contributed by atoms with Crippen LogP contribution >= 0.6 is 11.6 Å². The van der Waals surface area contributed by atoms with Crippen LogP contribution in [0.25, 0.3) is 5.57 Å². The van der Waals surface area contributed by atoms with E-state index in [9.17, 15) is 4.21 Å². The van der Waals surface area contributed by atoms with Gasteiger partial charge in [-0.15, -0.1) is 0 Å².